The summed E-state index contributed by atoms with van der Waals surface area (Å²) in [6.45, 7) is 0. The summed E-state index contributed by atoms with van der Waals surface area (Å²) in [5.41, 5.74) is 1.48. The van der Waals surface area contributed by atoms with E-state index in [4.69, 9.17) is 5.11 Å². The zero-order valence-electron chi connectivity index (χ0n) is 9.43. The molecule has 16 heavy (non-hydrogen) atoms. The zero-order valence-corrected chi connectivity index (χ0v) is 9.43. The molecule has 1 amide bonds. The summed E-state index contributed by atoms with van der Waals surface area (Å²) in [5, 5.41) is 8.74. The molecule has 0 aliphatic heterocycles. The first-order valence-electron chi connectivity index (χ1n) is 4.99. The maximum atomic E-state index is 11.5. The molecule has 1 rings (SSSR count). The molecule has 0 radical (unpaired) electrons. The van der Waals surface area contributed by atoms with Crippen LogP contribution in [0.3, 0.4) is 0 Å². The summed E-state index contributed by atoms with van der Waals surface area (Å²) in [7, 11) is 3.37. The molecule has 0 saturated carbocycles. The number of nitrogens with zero attached hydrogens (tertiary/aromatic N) is 1. The van der Waals surface area contributed by atoms with Gasteiger partial charge in [-0.05, 0) is 11.1 Å². The van der Waals surface area contributed by atoms with Crippen molar-refractivity contribution >= 4 is 11.9 Å². The molecule has 1 aromatic carbocycles. The number of aliphatic carboxylic acids is 1. The summed E-state index contributed by atoms with van der Waals surface area (Å²) in [4.78, 5) is 23.7. The van der Waals surface area contributed by atoms with Gasteiger partial charge in [0, 0.05) is 14.1 Å². The monoisotopic (exact) mass is 221 g/mol. The third-order valence-corrected chi connectivity index (χ3v) is 2.30. The van der Waals surface area contributed by atoms with Crippen molar-refractivity contribution in [1.82, 2.24) is 4.90 Å². The number of carbonyl (C=O) groups excluding carboxylic acids is 1. The van der Waals surface area contributed by atoms with E-state index in [0.717, 1.165) is 5.56 Å². The van der Waals surface area contributed by atoms with Gasteiger partial charge in [-0.1, -0.05) is 24.3 Å². The van der Waals surface area contributed by atoms with Crippen LogP contribution in [0.2, 0.25) is 0 Å². The van der Waals surface area contributed by atoms with Crippen molar-refractivity contribution in [1.29, 1.82) is 0 Å². The largest absolute Gasteiger partial charge is 0.481 e. The molecule has 1 N–H and O–H groups in total. The molecule has 4 heteroatoms. The Labute approximate surface area is 94.5 Å². The van der Waals surface area contributed by atoms with Crippen LogP contribution in [0.15, 0.2) is 24.3 Å². The van der Waals surface area contributed by atoms with E-state index in [-0.39, 0.29) is 18.7 Å². The van der Waals surface area contributed by atoms with Gasteiger partial charge in [-0.3, -0.25) is 9.59 Å². The number of amides is 1. The average Bonchev–Trinajstić information content (AvgIpc) is 2.20. The first-order chi connectivity index (χ1) is 7.50. The van der Waals surface area contributed by atoms with Crippen LogP contribution in [0.4, 0.5) is 0 Å². The maximum absolute atomic E-state index is 11.5. The van der Waals surface area contributed by atoms with E-state index in [1.165, 1.54) is 4.90 Å². The molecule has 0 spiro atoms. The standard InChI is InChI=1S/C12H15NO3/c1-13(2)11(14)7-9-5-3-4-6-10(9)8-12(15)16/h3-6H,7-8H2,1-2H3,(H,15,16). The van der Waals surface area contributed by atoms with E-state index in [1.807, 2.05) is 6.07 Å². The number of carbonyl (C=O) groups is 2. The predicted octanol–water partition coefficient (Wildman–Crippen LogP) is 0.944. The van der Waals surface area contributed by atoms with Crippen molar-refractivity contribution in [3.05, 3.63) is 35.4 Å². The zero-order chi connectivity index (χ0) is 12.1. The van der Waals surface area contributed by atoms with Crippen LogP contribution in [-0.4, -0.2) is 36.0 Å². The highest BCUT2D eigenvalue weighted by atomic mass is 16.4. The van der Waals surface area contributed by atoms with E-state index in [0.29, 0.717) is 5.56 Å². The van der Waals surface area contributed by atoms with Crippen LogP contribution in [0.25, 0.3) is 0 Å². The molecule has 86 valence electrons. The van der Waals surface area contributed by atoms with Crippen molar-refractivity contribution < 1.29 is 14.7 Å². The van der Waals surface area contributed by atoms with E-state index >= 15 is 0 Å². The van der Waals surface area contributed by atoms with E-state index in [2.05, 4.69) is 0 Å². The van der Waals surface area contributed by atoms with Crippen molar-refractivity contribution in [2.75, 3.05) is 14.1 Å². The Morgan fingerprint density at radius 3 is 2.06 bits per heavy atom. The fourth-order valence-electron chi connectivity index (χ4n) is 1.39. The molecular weight excluding hydrogens is 206 g/mol. The predicted molar refractivity (Wildman–Crippen MR) is 60.2 cm³/mol. The highest BCUT2D eigenvalue weighted by molar-refractivity contribution is 5.79. The van der Waals surface area contributed by atoms with Crippen LogP contribution in [0.5, 0.6) is 0 Å². The van der Waals surface area contributed by atoms with Gasteiger partial charge in [0.25, 0.3) is 0 Å². The smallest absolute Gasteiger partial charge is 0.307 e. The lowest BCUT2D eigenvalue weighted by Gasteiger charge is -2.12. The number of benzene rings is 1. The summed E-state index contributed by atoms with van der Waals surface area (Å²) in [6, 6.07) is 7.12. The Balaban J connectivity index is 2.86. The highest BCUT2D eigenvalue weighted by Gasteiger charge is 2.11. The van der Waals surface area contributed by atoms with Crippen molar-refractivity contribution in [3.63, 3.8) is 0 Å². The first-order valence-corrected chi connectivity index (χ1v) is 4.99. The minimum absolute atomic E-state index is 0.0298. The molecule has 0 unspecified atom stereocenters. The summed E-state index contributed by atoms with van der Waals surface area (Å²) >= 11 is 0. The van der Waals surface area contributed by atoms with E-state index in [9.17, 15) is 9.59 Å². The summed E-state index contributed by atoms with van der Waals surface area (Å²) in [6.07, 6.45) is 0.202. The van der Waals surface area contributed by atoms with Gasteiger partial charge in [-0.15, -0.1) is 0 Å². The molecular formula is C12H15NO3. The molecule has 4 nitrogen and oxygen atoms in total. The topological polar surface area (TPSA) is 57.6 Å². The van der Waals surface area contributed by atoms with Crippen molar-refractivity contribution in [2.45, 2.75) is 12.8 Å². The van der Waals surface area contributed by atoms with Crippen LogP contribution < -0.4 is 0 Å². The first kappa shape index (κ1) is 12.2. The number of rotatable bonds is 4. The Morgan fingerprint density at radius 2 is 1.62 bits per heavy atom. The molecule has 0 atom stereocenters. The van der Waals surface area contributed by atoms with Gasteiger partial charge < -0.3 is 10.0 Å². The fourth-order valence-corrected chi connectivity index (χ4v) is 1.39. The van der Waals surface area contributed by atoms with Gasteiger partial charge in [0.05, 0.1) is 12.8 Å². The van der Waals surface area contributed by atoms with Gasteiger partial charge >= 0.3 is 5.97 Å². The minimum Gasteiger partial charge on any atom is -0.481 e. The molecule has 0 aromatic heterocycles. The maximum Gasteiger partial charge on any atom is 0.307 e. The van der Waals surface area contributed by atoms with Crippen LogP contribution in [0.1, 0.15) is 11.1 Å². The molecule has 0 aliphatic rings. The van der Waals surface area contributed by atoms with Crippen molar-refractivity contribution in [2.24, 2.45) is 0 Å². The van der Waals surface area contributed by atoms with Gasteiger partial charge in [-0.2, -0.15) is 0 Å². The lowest BCUT2D eigenvalue weighted by Crippen LogP contribution is -2.24. The number of carboxylic acids is 1. The molecule has 0 saturated heterocycles. The fraction of sp³-hybridized carbons (Fsp3) is 0.333. The second-order valence-electron chi connectivity index (χ2n) is 3.80. The Hall–Kier alpha value is -1.84. The minimum atomic E-state index is -0.884. The summed E-state index contributed by atoms with van der Waals surface area (Å²) < 4.78 is 0. The van der Waals surface area contributed by atoms with Gasteiger partial charge in [0.2, 0.25) is 5.91 Å². The Bertz CT molecular complexity index is 399. The van der Waals surface area contributed by atoms with E-state index < -0.39 is 5.97 Å². The molecule has 0 fully saturated rings. The second-order valence-corrected chi connectivity index (χ2v) is 3.80. The Morgan fingerprint density at radius 1 is 1.12 bits per heavy atom. The highest BCUT2D eigenvalue weighted by Crippen LogP contribution is 2.11. The Kier molecular flexibility index (Phi) is 4.05. The van der Waals surface area contributed by atoms with Crippen LogP contribution >= 0.6 is 0 Å². The van der Waals surface area contributed by atoms with E-state index in [1.54, 1.807) is 32.3 Å². The van der Waals surface area contributed by atoms with Gasteiger partial charge in [0.1, 0.15) is 0 Å². The number of hydrogen-bond acceptors (Lipinski definition) is 2. The average molecular weight is 221 g/mol. The van der Waals surface area contributed by atoms with Crippen LogP contribution in [0, 0.1) is 0 Å². The van der Waals surface area contributed by atoms with Crippen LogP contribution in [-0.2, 0) is 22.4 Å². The number of likely N-dealkylation sites (N-methyl/N-ethyl adjacent to an activating group) is 1. The van der Waals surface area contributed by atoms with Gasteiger partial charge in [-0.25, -0.2) is 0 Å². The summed E-state index contributed by atoms with van der Waals surface area (Å²) in [5.74, 6) is -0.914. The number of hydrogen-bond donors (Lipinski definition) is 1. The van der Waals surface area contributed by atoms with Gasteiger partial charge in [0.15, 0.2) is 0 Å². The second kappa shape index (κ2) is 5.30. The molecule has 1 aromatic rings. The molecule has 0 aliphatic carbocycles. The third-order valence-electron chi connectivity index (χ3n) is 2.30. The normalized spacial score (nSPS) is 9.88. The molecule has 0 bridgehead atoms. The lowest BCUT2D eigenvalue weighted by atomic mass is 10.0. The number of carboxylic acid groups (broad SMARTS) is 1. The van der Waals surface area contributed by atoms with Crippen molar-refractivity contribution in [3.8, 4) is 0 Å². The SMILES string of the molecule is CN(C)C(=O)Cc1ccccc1CC(=O)O. The quantitative estimate of drug-likeness (QED) is 0.823. The molecule has 0 heterocycles. The third kappa shape index (κ3) is 3.38. The lowest BCUT2D eigenvalue weighted by molar-refractivity contribution is -0.136.